The standard InChI is InChI=1S/C28H40O12/c1-11-6-17-26(36,22(11)34)8-14(10-38-24-20(33)19(32)18(31)16(9-29)39-24)7-15-21-25(4,5)28(21,40-13(3)30)23(35)12(2)27(15,17)37/h6-7,12,15-21,23-24,29,31-33,35-37H,8-10H2,1-5H3/t12-,15+,16-,17-,18-,19+,20-,21?,23-,24-,26-,27-,28-/m1/s1. The number of ether oxygens (including phenoxy) is 3. The maximum Gasteiger partial charge on any atom is 0.303 e. The number of aliphatic hydroxyl groups excluding tert-OH is 5. The summed E-state index contributed by atoms with van der Waals surface area (Å²) in [6.45, 7) is 7.14. The average Bonchev–Trinajstić information content (AvgIpc) is 3.31. The van der Waals surface area contributed by atoms with E-state index in [4.69, 9.17) is 14.2 Å². The first kappa shape index (κ1) is 29.7. The number of hydrogen-bond donors (Lipinski definition) is 7. The van der Waals surface area contributed by atoms with Gasteiger partial charge in [-0.3, -0.25) is 9.59 Å². The minimum atomic E-state index is -2.06. The molecule has 0 aromatic carbocycles. The highest BCUT2D eigenvalue weighted by atomic mass is 16.7. The first-order valence-electron chi connectivity index (χ1n) is 13.7. The first-order chi connectivity index (χ1) is 18.5. The Morgan fingerprint density at radius 2 is 1.75 bits per heavy atom. The highest BCUT2D eigenvalue weighted by Crippen LogP contribution is 2.76. The largest absolute Gasteiger partial charge is 0.456 e. The predicted molar refractivity (Wildman–Crippen MR) is 135 cm³/mol. The molecule has 3 fully saturated rings. The third kappa shape index (κ3) is 3.71. The quantitative estimate of drug-likeness (QED) is 0.147. The molecule has 1 aliphatic heterocycles. The van der Waals surface area contributed by atoms with Crippen molar-refractivity contribution >= 4 is 11.8 Å². The Hall–Kier alpha value is -1.74. The van der Waals surface area contributed by atoms with Gasteiger partial charge in [-0.2, -0.15) is 0 Å². The Kier molecular flexibility index (Phi) is 6.98. The molecule has 12 heteroatoms. The number of esters is 1. The molecule has 0 amide bonds. The van der Waals surface area contributed by atoms with E-state index >= 15 is 0 Å². The molecule has 0 aromatic rings. The molecule has 0 spiro atoms. The van der Waals surface area contributed by atoms with Gasteiger partial charge in [-0.15, -0.1) is 0 Å². The van der Waals surface area contributed by atoms with Crippen molar-refractivity contribution in [1.29, 1.82) is 0 Å². The van der Waals surface area contributed by atoms with Crippen LogP contribution in [0, 0.1) is 29.1 Å². The predicted octanol–water partition coefficient (Wildman–Crippen LogP) is -1.67. The topological polar surface area (TPSA) is 203 Å². The van der Waals surface area contributed by atoms with Crippen molar-refractivity contribution in [3.05, 3.63) is 23.3 Å². The maximum absolute atomic E-state index is 13.3. The average molecular weight is 569 g/mol. The van der Waals surface area contributed by atoms with Gasteiger partial charge in [-0.1, -0.05) is 32.9 Å². The summed E-state index contributed by atoms with van der Waals surface area (Å²) in [5, 5.41) is 76.0. The van der Waals surface area contributed by atoms with Crippen LogP contribution in [0.15, 0.2) is 23.3 Å². The molecule has 0 aromatic heterocycles. The molecule has 4 aliphatic carbocycles. The number of ketones is 1. The Balaban J connectivity index is 1.55. The van der Waals surface area contributed by atoms with Crippen molar-refractivity contribution < 1.29 is 59.5 Å². The van der Waals surface area contributed by atoms with Gasteiger partial charge in [0, 0.05) is 42.4 Å². The lowest BCUT2D eigenvalue weighted by Gasteiger charge is -2.52. The second kappa shape index (κ2) is 9.38. The Morgan fingerprint density at radius 1 is 1.10 bits per heavy atom. The summed E-state index contributed by atoms with van der Waals surface area (Å²) in [7, 11) is 0. The van der Waals surface area contributed by atoms with Crippen molar-refractivity contribution in [2.24, 2.45) is 29.1 Å². The zero-order valence-corrected chi connectivity index (χ0v) is 23.2. The second-order valence-electron chi connectivity index (χ2n) is 12.8. The van der Waals surface area contributed by atoms with Gasteiger partial charge in [0.25, 0.3) is 0 Å². The number of carbonyl (C=O) groups is 2. The van der Waals surface area contributed by atoms with Crippen LogP contribution in [0.1, 0.15) is 41.0 Å². The summed E-state index contributed by atoms with van der Waals surface area (Å²) < 4.78 is 17.0. The summed E-state index contributed by atoms with van der Waals surface area (Å²) in [5.74, 6) is -4.53. The van der Waals surface area contributed by atoms with Gasteiger partial charge < -0.3 is 50.0 Å². The summed E-state index contributed by atoms with van der Waals surface area (Å²) in [6, 6.07) is 0. The van der Waals surface area contributed by atoms with Gasteiger partial charge in [-0.25, -0.2) is 0 Å². The number of Topliss-reactive ketones (excluding diaryl/α,β-unsaturated/α-hetero) is 1. The van der Waals surface area contributed by atoms with Gasteiger partial charge in [0.1, 0.15) is 35.6 Å². The monoisotopic (exact) mass is 568 g/mol. The molecule has 13 atom stereocenters. The van der Waals surface area contributed by atoms with E-state index in [1.54, 1.807) is 26.0 Å². The van der Waals surface area contributed by atoms with Gasteiger partial charge in [0.05, 0.1) is 24.9 Å². The molecule has 1 heterocycles. The number of carbonyl (C=O) groups excluding carboxylic acids is 2. The third-order valence-corrected chi connectivity index (χ3v) is 10.4. The van der Waals surface area contributed by atoms with Crippen LogP contribution in [-0.2, 0) is 23.8 Å². The molecule has 7 N–H and O–H groups in total. The molecule has 5 aliphatic rings. The first-order valence-corrected chi connectivity index (χ1v) is 13.7. The van der Waals surface area contributed by atoms with E-state index in [-0.39, 0.29) is 18.6 Å². The smallest absolute Gasteiger partial charge is 0.303 e. The zero-order valence-electron chi connectivity index (χ0n) is 23.2. The van der Waals surface area contributed by atoms with Crippen molar-refractivity contribution in [1.82, 2.24) is 0 Å². The number of rotatable bonds is 5. The summed E-state index contributed by atoms with van der Waals surface area (Å²) >= 11 is 0. The fraction of sp³-hybridized carbons (Fsp3) is 0.786. The number of aliphatic hydroxyl groups is 7. The molecular formula is C28H40O12. The van der Waals surface area contributed by atoms with Crippen molar-refractivity contribution in [3.63, 3.8) is 0 Å². The fourth-order valence-corrected chi connectivity index (χ4v) is 8.29. The summed E-state index contributed by atoms with van der Waals surface area (Å²) in [4.78, 5) is 25.5. The molecule has 0 radical (unpaired) electrons. The Morgan fingerprint density at radius 3 is 2.35 bits per heavy atom. The molecule has 0 bridgehead atoms. The summed E-state index contributed by atoms with van der Waals surface area (Å²) in [6.07, 6.45) is -5.81. The molecule has 5 rings (SSSR count). The van der Waals surface area contributed by atoms with Gasteiger partial charge in [0.2, 0.25) is 0 Å². The lowest BCUT2D eigenvalue weighted by Crippen LogP contribution is -2.65. The van der Waals surface area contributed by atoms with Crippen LogP contribution in [0.3, 0.4) is 0 Å². The minimum absolute atomic E-state index is 0.239. The molecule has 1 saturated heterocycles. The van der Waals surface area contributed by atoms with Crippen LogP contribution in [-0.4, -0.2) is 114 Å². The Bertz CT molecular complexity index is 1150. The van der Waals surface area contributed by atoms with E-state index in [0.717, 1.165) is 0 Å². The van der Waals surface area contributed by atoms with E-state index in [1.807, 2.05) is 13.8 Å². The van der Waals surface area contributed by atoms with Gasteiger partial charge in [-0.05, 0) is 18.1 Å². The van der Waals surface area contributed by atoms with Crippen molar-refractivity contribution in [2.45, 2.75) is 94.7 Å². The number of hydrogen-bond acceptors (Lipinski definition) is 12. The summed E-state index contributed by atoms with van der Waals surface area (Å²) in [5.41, 5.74) is -5.31. The van der Waals surface area contributed by atoms with E-state index in [2.05, 4.69) is 0 Å². The van der Waals surface area contributed by atoms with E-state index in [1.165, 1.54) is 6.92 Å². The molecule has 2 saturated carbocycles. The molecule has 12 nitrogen and oxygen atoms in total. The normalized spacial score (nSPS) is 51.0. The van der Waals surface area contributed by atoms with Crippen molar-refractivity contribution in [2.75, 3.05) is 13.2 Å². The van der Waals surface area contributed by atoms with Crippen LogP contribution < -0.4 is 0 Å². The molecule has 224 valence electrons. The molecule has 40 heavy (non-hydrogen) atoms. The maximum atomic E-state index is 13.3. The van der Waals surface area contributed by atoms with Crippen LogP contribution in [0.4, 0.5) is 0 Å². The lowest BCUT2D eigenvalue weighted by atomic mass is 9.59. The SMILES string of the molecule is CC(=O)O[C@]12C([C@@H]3C=C(CO[C@@H]4O[C@H](CO)[C@@H](O)[C@H](O)[C@H]4O)C[C@]4(O)C(=O)C(C)=C[C@H]4[C@@]3(O)[C@H](C)[C@H]1O)C2(C)C. The third-order valence-electron chi connectivity index (χ3n) is 10.4. The van der Waals surface area contributed by atoms with E-state index < -0.39 is 101 Å². The van der Waals surface area contributed by atoms with Crippen LogP contribution in [0.2, 0.25) is 0 Å². The van der Waals surface area contributed by atoms with Crippen molar-refractivity contribution in [3.8, 4) is 0 Å². The van der Waals surface area contributed by atoms with Crippen LogP contribution in [0.5, 0.6) is 0 Å². The molecule has 1 unspecified atom stereocenters. The zero-order chi connectivity index (χ0) is 29.7. The molecular weight excluding hydrogens is 528 g/mol. The van der Waals surface area contributed by atoms with E-state index in [9.17, 15) is 45.3 Å². The van der Waals surface area contributed by atoms with Crippen LogP contribution in [0.25, 0.3) is 0 Å². The fourth-order valence-electron chi connectivity index (χ4n) is 8.29. The highest BCUT2D eigenvalue weighted by molar-refractivity contribution is 6.04. The lowest BCUT2D eigenvalue weighted by molar-refractivity contribution is -0.299. The van der Waals surface area contributed by atoms with Crippen LogP contribution >= 0.6 is 0 Å². The highest BCUT2D eigenvalue weighted by Gasteiger charge is 2.86. The number of fused-ring (bicyclic) bond motifs is 5. The Labute approximate surface area is 231 Å². The van der Waals surface area contributed by atoms with Gasteiger partial charge >= 0.3 is 5.97 Å². The second-order valence-corrected chi connectivity index (χ2v) is 12.8. The minimum Gasteiger partial charge on any atom is -0.456 e. The van der Waals surface area contributed by atoms with Gasteiger partial charge in [0.15, 0.2) is 12.1 Å². The van der Waals surface area contributed by atoms with E-state index in [0.29, 0.717) is 5.57 Å².